The number of halogens is 1. The molecule has 1 aliphatic carbocycles. The first-order valence-corrected chi connectivity index (χ1v) is 7.60. The number of pyridine rings is 1. The maximum absolute atomic E-state index is 11.8. The molecule has 0 radical (unpaired) electrons. The van der Waals surface area contributed by atoms with Crippen LogP contribution in [0, 0.1) is 0 Å². The lowest BCUT2D eigenvalue weighted by molar-refractivity contribution is 0.520. The first-order chi connectivity index (χ1) is 8.39. The zero-order chi connectivity index (χ0) is 13.4. The van der Waals surface area contributed by atoms with Crippen LogP contribution in [0.25, 0.3) is 0 Å². The topological polar surface area (TPSA) is 62.3 Å². The first-order valence-electron chi connectivity index (χ1n) is 5.62. The summed E-state index contributed by atoms with van der Waals surface area (Å²) in [6.45, 7) is 0. The van der Waals surface area contributed by atoms with E-state index in [4.69, 9.17) is 11.6 Å². The molecule has 0 unspecified atom stereocenters. The van der Waals surface area contributed by atoms with Gasteiger partial charge in [0.25, 0.3) is 0 Å². The molecule has 7 heteroatoms. The smallest absolute Gasteiger partial charge is 0.244 e. The lowest BCUT2D eigenvalue weighted by Crippen LogP contribution is -2.24. The number of hydrogen-bond donors (Lipinski definition) is 1. The number of hydrogen-bond acceptors (Lipinski definition) is 4. The Bertz CT molecular complexity index is 524. The van der Waals surface area contributed by atoms with Gasteiger partial charge in [0.1, 0.15) is 10.7 Å². The fourth-order valence-corrected chi connectivity index (χ4v) is 2.71. The maximum atomic E-state index is 11.8. The van der Waals surface area contributed by atoms with Crippen LogP contribution < -0.4 is 5.32 Å². The first kappa shape index (κ1) is 13.6. The molecule has 1 N–H and O–H groups in total. The predicted octanol–water partition coefficient (Wildman–Crippen LogP) is 1.52. The van der Waals surface area contributed by atoms with Crippen LogP contribution in [0.3, 0.4) is 0 Å². The molecule has 18 heavy (non-hydrogen) atoms. The molecule has 5 nitrogen and oxygen atoms in total. The van der Waals surface area contributed by atoms with E-state index in [2.05, 4.69) is 10.3 Å². The number of rotatable bonds is 5. The van der Waals surface area contributed by atoms with Crippen LogP contribution in [-0.4, -0.2) is 43.2 Å². The second-order valence-electron chi connectivity index (χ2n) is 4.71. The molecule has 0 bridgehead atoms. The molecule has 0 saturated heterocycles. The van der Waals surface area contributed by atoms with Crippen LogP contribution in [0.1, 0.15) is 12.8 Å². The largest absolute Gasteiger partial charge is 0.363 e. The predicted molar refractivity (Wildman–Crippen MR) is 71.4 cm³/mol. The van der Waals surface area contributed by atoms with E-state index in [1.807, 2.05) is 0 Å². The molecular weight excluding hydrogens is 274 g/mol. The van der Waals surface area contributed by atoms with E-state index in [9.17, 15) is 8.42 Å². The SMILES string of the molecule is CN(C)S(=O)(=O)c1ccc(NC2(CCl)CC2)nc1. The van der Waals surface area contributed by atoms with Crippen molar-refractivity contribution in [1.29, 1.82) is 0 Å². The molecule has 0 atom stereocenters. The lowest BCUT2D eigenvalue weighted by atomic mass is 10.3. The summed E-state index contributed by atoms with van der Waals surface area (Å²) in [4.78, 5) is 4.31. The van der Waals surface area contributed by atoms with Gasteiger partial charge in [0, 0.05) is 26.2 Å². The van der Waals surface area contributed by atoms with Crippen molar-refractivity contribution in [3.8, 4) is 0 Å². The fraction of sp³-hybridized carbons (Fsp3) is 0.545. The van der Waals surface area contributed by atoms with Gasteiger partial charge in [0.05, 0.1) is 5.54 Å². The maximum Gasteiger partial charge on any atom is 0.244 e. The standard InChI is InChI=1S/C11H16ClN3O2S/c1-15(2)18(16,17)9-3-4-10(13-7-9)14-11(8-12)5-6-11/h3-4,7H,5-6,8H2,1-2H3,(H,13,14). The van der Waals surface area contributed by atoms with E-state index in [0.29, 0.717) is 11.7 Å². The molecule has 2 rings (SSSR count). The van der Waals surface area contributed by atoms with Gasteiger partial charge in [-0.2, -0.15) is 0 Å². The third kappa shape index (κ3) is 2.60. The minimum absolute atomic E-state index is 0.0451. The van der Waals surface area contributed by atoms with E-state index in [1.165, 1.54) is 20.3 Å². The van der Waals surface area contributed by atoms with Crippen molar-refractivity contribution in [2.45, 2.75) is 23.3 Å². The van der Waals surface area contributed by atoms with Crippen LogP contribution in [-0.2, 0) is 10.0 Å². The molecule has 0 aliphatic heterocycles. The molecule has 0 aromatic carbocycles. The van der Waals surface area contributed by atoms with Crippen LogP contribution in [0.2, 0.25) is 0 Å². The number of aromatic nitrogens is 1. The number of alkyl halides is 1. The van der Waals surface area contributed by atoms with Gasteiger partial charge in [-0.1, -0.05) is 0 Å². The molecule has 1 aromatic heterocycles. The van der Waals surface area contributed by atoms with Crippen molar-refractivity contribution < 1.29 is 8.42 Å². The Morgan fingerprint density at radius 3 is 2.50 bits per heavy atom. The second kappa shape index (κ2) is 4.68. The zero-order valence-corrected chi connectivity index (χ0v) is 11.9. The summed E-state index contributed by atoms with van der Waals surface area (Å²) in [5.74, 6) is 1.19. The minimum Gasteiger partial charge on any atom is -0.363 e. The van der Waals surface area contributed by atoms with Crippen molar-refractivity contribution in [3.05, 3.63) is 18.3 Å². The molecule has 1 aromatic rings. The molecule has 100 valence electrons. The molecule has 0 spiro atoms. The van der Waals surface area contributed by atoms with Crippen LogP contribution in [0.5, 0.6) is 0 Å². The highest BCUT2D eigenvalue weighted by Gasteiger charge is 2.42. The van der Waals surface area contributed by atoms with Crippen molar-refractivity contribution in [1.82, 2.24) is 9.29 Å². The average Bonchev–Trinajstić information content (AvgIpc) is 3.10. The summed E-state index contributed by atoms with van der Waals surface area (Å²) in [5.41, 5.74) is -0.0451. The molecule has 1 saturated carbocycles. The van der Waals surface area contributed by atoms with E-state index in [1.54, 1.807) is 12.1 Å². The van der Waals surface area contributed by atoms with Gasteiger partial charge in [-0.25, -0.2) is 17.7 Å². The highest BCUT2D eigenvalue weighted by molar-refractivity contribution is 7.89. The van der Waals surface area contributed by atoms with Crippen LogP contribution in [0.15, 0.2) is 23.2 Å². The number of nitrogens with zero attached hydrogens (tertiary/aromatic N) is 2. The van der Waals surface area contributed by atoms with Gasteiger partial charge in [-0.15, -0.1) is 11.6 Å². The minimum atomic E-state index is -3.41. The number of sulfonamides is 1. The van der Waals surface area contributed by atoms with E-state index >= 15 is 0 Å². The average molecular weight is 290 g/mol. The van der Waals surface area contributed by atoms with Gasteiger partial charge in [0.15, 0.2) is 0 Å². The van der Waals surface area contributed by atoms with Gasteiger partial charge in [-0.05, 0) is 25.0 Å². The van der Waals surface area contributed by atoms with E-state index in [-0.39, 0.29) is 10.4 Å². The second-order valence-corrected chi connectivity index (χ2v) is 7.12. The van der Waals surface area contributed by atoms with Crippen molar-refractivity contribution in [3.63, 3.8) is 0 Å². The van der Waals surface area contributed by atoms with Crippen LogP contribution >= 0.6 is 11.6 Å². The van der Waals surface area contributed by atoms with Gasteiger partial charge in [-0.3, -0.25) is 0 Å². The van der Waals surface area contributed by atoms with Crippen molar-refractivity contribution in [2.75, 3.05) is 25.3 Å². The highest BCUT2D eigenvalue weighted by atomic mass is 35.5. The Morgan fingerprint density at radius 2 is 2.11 bits per heavy atom. The lowest BCUT2D eigenvalue weighted by Gasteiger charge is -2.15. The normalized spacial score (nSPS) is 17.8. The summed E-state index contributed by atoms with van der Waals surface area (Å²) < 4.78 is 24.8. The third-order valence-electron chi connectivity index (χ3n) is 3.02. The third-order valence-corrected chi connectivity index (χ3v) is 5.33. The zero-order valence-electron chi connectivity index (χ0n) is 10.4. The molecule has 1 heterocycles. The van der Waals surface area contributed by atoms with Crippen molar-refractivity contribution in [2.24, 2.45) is 0 Å². The number of nitrogens with one attached hydrogen (secondary N) is 1. The molecule has 0 amide bonds. The Kier molecular flexibility index (Phi) is 3.53. The molecule has 1 aliphatic rings. The van der Waals surface area contributed by atoms with Gasteiger partial charge < -0.3 is 5.32 Å². The van der Waals surface area contributed by atoms with Gasteiger partial charge >= 0.3 is 0 Å². The summed E-state index contributed by atoms with van der Waals surface area (Å²) in [7, 11) is -0.422. The van der Waals surface area contributed by atoms with E-state index < -0.39 is 10.0 Å². The summed E-state index contributed by atoms with van der Waals surface area (Å²) >= 11 is 5.86. The van der Waals surface area contributed by atoms with Gasteiger partial charge in [0.2, 0.25) is 10.0 Å². The Balaban J connectivity index is 2.16. The Labute approximate surface area is 112 Å². The molecule has 1 fully saturated rings. The number of anilines is 1. The van der Waals surface area contributed by atoms with Crippen LogP contribution in [0.4, 0.5) is 5.82 Å². The highest BCUT2D eigenvalue weighted by Crippen LogP contribution is 2.39. The molecular formula is C11H16ClN3O2S. The van der Waals surface area contributed by atoms with Crippen molar-refractivity contribution >= 4 is 27.4 Å². The monoisotopic (exact) mass is 289 g/mol. The fourth-order valence-electron chi connectivity index (χ4n) is 1.53. The Hall–Kier alpha value is -0.850. The van der Waals surface area contributed by atoms with E-state index in [0.717, 1.165) is 17.1 Å². The summed E-state index contributed by atoms with van der Waals surface area (Å²) in [6, 6.07) is 3.22. The quantitative estimate of drug-likeness (QED) is 0.835. The Morgan fingerprint density at radius 1 is 1.44 bits per heavy atom. The summed E-state index contributed by atoms with van der Waals surface area (Å²) in [5, 5.41) is 3.24. The summed E-state index contributed by atoms with van der Waals surface area (Å²) in [6.07, 6.45) is 3.41.